The lowest BCUT2D eigenvalue weighted by molar-refractivity contribution is -0.130. The number of carbonyl (C=O) groups is 1. The maximum absolute atomic E-state index is 12.4. The third kappa shape index (κ3) is 5.84. The molecule has 0 aliphatic heterocycles. The zero-order valence-electron chi connectivity index (χ0n) is 16.1. The largest absolute Gasteiger partial charge is 0.435 e. The van der Waals surface area contributed by atoms with Crippen LogP contribution < -0.4 is 4.74 Å². The predicted octanol–water partition coefficient (Wildman–Crippen LogP) is 4.24. The van der Waals surface area contributed by atoms with Crippen LogP contribution in [0, 0.1) is 6.92 Å². The number of carbonyl (C=O) groups excluding carboxylic acids is 1. The van der Waals surface area contributed by atoms with E-state index in [1.807, 2.05) is 31.2 Å². The number of halogens is 2. The molecular formula is C21H21F2N3O3. The summed E-state index contributed by atoms with van der Waals surface area (Å²) < 4.78 is 34.3. The van der Waals surface area contributed by atoms with Gasteiger partial charge in [-0.15, -0.1) is 10.2 Å². The van der Waals surface area contributed by atoms with Crippen molar-refractivity contribution in [3.05, 3.63) is 65.5 Å². The number of benzene rings is 2. The molecule has 6 nitrogen and oxygen atoms in total. The van der Waals surface area contributed by atoms with Crippen molar-refractivity contribution in [1.82, 2.24) is 15.1 Å². The van der Waals surface area contributed by atoms with E-state index in [4.69, 9.17) is 4.42 Å². The molecule has 1 amide bonds. The first-order valence-corrected chi connectivity index (χ1v) is 9.08. The van der Waals surface area contributed by atoms with Crippen LogP contribution in [0.1, 0.15) is 23.4 Å². The van der Waals surface area contributed by atoms with E-state index in [1.54, 1.807) is 24.1 Å². The van der Waals surface area contributed by atoms with Gasteiger partial charge in [0.1, 0.15) is 5.75 Å². The highest BCUT2D eigenvalue weighted by atomic mass is 19.3. The van der Waals surface area contributed by atoms with Crippen molar-refractivity contribution < 1.29 is 22.7 Å². The Kier molecular flexibility index (Phi) is 6.54. The molecule has 2 aromatic carbocycles. The van der Waals surface area contributed by atoms with Crippen LogP contribution in [0.4, 0.5) is 8.78 Å². The van der Waals surface area contributed by atoms with Gasteiger partial charge in [0.2, 0.25) is 17.7 Å². The summed E-state index contributed by atoms with van der Waals surface area (Å²) in [4.78, 5) is 13.9. The van der Waals surface area contributed by atoms with Crippen LogP contribution in [-0.2, 0) is 17.8 Å². The van der Waals surface area contributed by atoms with Gasteiger partial charge in [-0.3, -0.25) is 4.79 Å². The molecule has 0 saturated heterocycles. The van der Waals surface area contributed by atoms with Gasteiger partial charge in [0, 0.05) is 32.0 Å². The van der Waals surface area contributed by atoms with Gasteiger partial charge in [0.05, 0.1) is 0 Å². The van der Waals surface area contributed by atoms with Gasteiger partial charge in [-0.2, -0.15) is 8.78 Å². The molecule has 0 N–H and O–H groups in total. The topological polar surface area (TPSA) is 68.5 Å². The fraction of sp³-hybridized carbons (Fsp3) is 0.286. The number of hydrogen-bond acceptors (Lipinski definition) is 5. The molecule has 0 atom stereocenters. The molecule has 0 fully saturated rings. The number of hydrogen-bond donors (Lipinski definition) is 0. The van der Waals surface area contributed by atoms with Gasteiger partial charge in [0.15, 0.2) is 0 Å². The zero-order chi connectivity index (χ0) is 20.8. The molecule has 8 heteroatoms. The highest BCUT2D eigenvalue weighted by Gasteiger charge is 2.14. The number of aromatic nitrogens is 2. The molecule has 0 radical (unpaired) electrons. The fourth-order valence-corrected chi connectivity index (χ4v) is 2.71. The molecule has 1 heterocycles. The third-order valence-corrected chi connectivity index (χ3v) is 4.31. The van der Waals surface area contributed by atoms with Gasteiger partial charge < -0.3 is 14.1 Å². The first-order chi connectivity index (χ1) is 13.9. The number of amides is 1. The maximum Gasteiger partial charge on any atom is 0.387 e. The molecule has 0 unspecified atom stereocenters. The lowest BCUT2D eigenvalue weighted by Crippen LogP contribution is -2.26. The van der Waals surface area contributed by atoms with E-state index < -0.39 is 6.61 Å². The first-order valence-electron chi connectivity index (χ1n) is 9.08. The predicted molar refractivity (Wildman–Crippen MR) is 102 cm³/mol. The minimum atomic E-state index is -2.86. The number of rotatable bonds is 8. The van der Waals surface area contributed by atoms with E-state index >= 15 is 0 Å². The second kappa shape index (κ2) is 9.27. The molecule has 1 aromatic heterocycles. The smallest absolute Gasteiger partial charge is 0.387 e. The molecule has 0 aliphatic carbocycles. The Hall–Kier alpha value is -3.29. The van der Waals surface area contributed by atoms with E-state index in [0.29, 0.717) is 24.7 Å². The van der Waals surface area contributed by atoms with Crippen molar-refractivity contribution in [2.75, 3.05) is 7.05 Å². The SMILES string of the molecule is Cc1ccc(-c2nnc(CCC(=O)N(C)Cc3ccc(OC(F)F)cc3)o2)cc1. The van der Waals surface area contributed by atoms with Gasteiger partial charge in [0.25, 0.3) is 0 Å². The quantitative estimate of drug-likeness (QED) is 0.565. The summed E-state index contributed by atoms with van der Waals surface area (Å²) in [7, 11) is 1.68. The van der Waals surface area contributed by atoms with Crippen molar-refractivity contribution in [1.29, 1.82) is 0 Å². The summed E-state index contributed by atoms with van der Waals surface area (Å²) in [6, 6.07) is 13.9. The van der Waals surface area contributed by atoms with Gasteiger partial charge in [-0.1, -0.05) is 29.8 Å². The molecule has 3 aromatic rings. The molecule has 3 rings (SSSR count). The summed E-state index contributed by atoms with van der Waals surface area (Å²) in [6.07, 6.45) is 0.557. The zero-order valence-corrected chi connectivity index (χ0v) is 16.1. The second-order valence-corrected chi connectivity index (χ2v) is 6.64. The summed E-state index contributed by atoms with van der Waals surface area (Å²) in [5, 5.41) is 8.03. The Bertz CT molecular complexity index is 941. The van der Waals surface area contributed by atoms with E-state index in [9.17, 15) is 13.6 Å². The van der Waals surface area contributed by atoms with Crippen LogP contribution >= 0.6 is 0 Å². The highest BCUT2D eigenvalue weighted by Crippen LogP contribution is 2.19. The van der Waals surface area contributed by atoms with Crippen LogP contribution in [-0.4, -0.2) is 34.7 Å². The first kappa shape index (κ1) is 20.4. The molecule has 152 valence electrons. The van der Waals surface area contributed by atoms with E-state index in [0.717, 1.165) is 16.7 Å². The lowest BCUT2D eigenvalue weighted by atomic mass is 10.1. The average molecular weight is 401 g/mol. The summed E-state index contributed by atoms with van der Waals surface area (Å²) >= 11 is 0. The van der Waals surface area contributed by atoms with Crippen LogP contribution in [0.3, 0.4) is 0 Å². The van der Waals surface area contributed by atoms with Crippen LogP contribution in [0.15, 0.2) is 52.9 Å². The monoisotopic (exact) mass is 401 g/mol. The minimum Gasteiger partial charge on any atom is -0.435 e. The number of aryl methyl sites for hydroxylation is 2. The van der Waals surface area contributed by atoms with Crippen molar-refractivity contribution in [3.63, 3.8) is 0 Å². The normalized spacial score (nSPS) is 10.9. The Balaban J connectivity index is 1.50. The van der Waals surface area contributed by atoms with Crippen LogP contribution in [0.5, 0.6) is 5.75 Å². The second-order valence-electron chi connectivity index (χ2n) is 6.64. The standard InChI is InChI=1S/C21H21F2N3O3/c1-14-3-7-16(8-4-14)20-25-24-18(29-20)11-12-19(27)26(2)13-15-5-9-17(10-6-15)28-21(22)23/h3-10,21H,11-13H2,1-2H3. The minimum absolute atomic E-state index is 0.0819. The van der Waals surface area contributed by atoms with Gasteiger partial charge >= 0.3 is 6.61 Å². The summed E-state index contributed by atoms with van der Waals surface area (Å²) in [6.45, 7) is -0.510. The lowest BCUT2D eigenvalue weighted by Gasteiger charge is -2.17. The van der Waals surface area contributed by atoms with Crippen LogP contribution in [0.25, 0.3) is 11.5 Å². The van der Waals surface area contributed by atoms with E-state index in [1.165, 1.54) is 12.1 Å². The van der Waals surface area contributed by atoms with Gasteiger partial charge in [-0.25, -0.2) is 0 Å². The molecule has 0 aliphatic rings. The molecule has 0 bridgehead atoms. The Labute approximate surface area is 167 Å². The third-order valence-electron chi connectivity index (χ3n) is 4.31. The molecular weight excluding hydrogens is 380 g/mol. The Morgan fingerprint density at radius 3 is 2.45 bits per heavy atom. The maximum atomic E-state index is 12.4. The van der Waals surface area contributed by atoms with E-state index in [2.05, 4.69) is 14.9 Å². The Morgan fingerprint density at radius 1 is 1.10 bits per heavy atom. The highest BCUT2D eigenvalue weighted by molar-refractivity contribution is 5.76. The molecule has 0 saturated carbocycles. The number of ether oxygens (including phenoxy) is 1. The molecule has 29 heavy (non-hydrogen) atoms. The van der Waals surface area contributed by atoms with Gasteiger partial charge in [-0.05, 0) is 36.8 Å². The van der Waals surface area contributed by atoms with Crippen molar-refractivity contribution in [2.45, 2.75) is 32.9 Å². The fourth-order valence-electron chi connectivity index (χ4n) is 2.71. The van der Waals surface area contributed by atoms with Crippen molar-refractivity contribution >= 4 is 5.91 Å². The van der Waals surface area contributed by atoms with Crippen molar-refractivity contribution in [3.8, 4) is 17.2 Å². The Morgan fingerprint density at radius 2 is 1.79 bits per heavy atom. The van der Waals surface area contributed by atoms with Crippen LogP contribution in [0.2, 0.25) is 0 Å². The summed E-state index contributed by atoms with van der Waals surface area (Å²) in [5.41, 5.74) is 2.78. The van der Waals surface area contributed by atoms with Crippen molar-refractivity contribution in [2.24, 2.45) is 0 Å². The van der Waals surface area contributed by atoms with E-state index in [-0.39, 0.29) is 18.1 Å². The number of alkyl halides is 2. The molecule has 0 spiro atoms. The number of nitrogens with zero attached hydrogens (tertiary/aromatic N) is 3. The summed E-state index contributed by atoms with van der Waals surface area (Å²) in [5.74, 6) is 0.814. The average Bonchev–Trinajstić information content (AvgIpc) is 3.16.